The molecule has 0 bridgehead atoms. The molecule has 0 saturated carbocycles. The Labute approximate surface area is 106 Å². The predicted molar refractivity (Wildman–Crippen MR) is 64.4 cm³/mol. The van der Waals surface area contributed by atoms with E-state index in [1.807, 2.05) is 17.5 Å². The van der Waals surface area contributed by atoms with E-state index in [0.29, 0.717) is 0 Å². The summed E-state index contributed by atoms with van der Waals surface area (Å²) in [5.74, 6) is -1.42. The molecule has 17 heavy (non-hydrogen) atoms. The quantitative estimate of drug-likeness (QED) is 0.840. The van der Waals surface area contributed by atoms with Crippen LogP contribution in [-0.2, 0) is 6.42 Å². The molecule has 0 radical (unpaired) electrons. The third kappa shape index (κ3) is 2.83. The van der Waals surface area contributed by atoms with Gasteiger partial charge in [-0.15, -0.1) is 11.3 Å². The highest BCUT2D eigenvalue weighted by atomic mass is 35.5. The minimum absolute atomic E-state index is 0.0692. The van der Waals surface area contributed by atoms with Crippen molar-refractivity contribution >= 4 is 22.9 Å². The maximum atomic E-state index is 13.5. The zero-order valence-electron chi connectivity index (χ0n) is 8.66. The summed E-state index contributed by atoms with van der Waals surface area (Å²) in [6, 6.07) is 5.49. The van der Waals surface area contributed by atoms with E-state index in [9.17, 15) is 13.9 Å². The molecule has 2 rings (SSSR count). The molecule has 1 N–H and O–H groups in total. The average Bonchev–Trinajstić information content (AvgIpc) is 2.76. The number of aliphatic hydroxyl groups excluding tert-OH is 1. The van der Waals surface area contributed by atoms with Crippen LogP contribution in [0.1, 0.15) is 16.5 Å². The van der Waals surface area contributed by atoms with Crippen molar-refractivity contribution in [2.45, 2.75) is 12.5 Å². The topological polar surface area (TPSA) is 20.2 Å². The Hall–Kier alpha value is -0.970. The number of hydrogen-bond acceptors (Lipinski definition) is 2. The lowest BCUT2D eigenvalue weighted by atomic mass is 10.1. The van der Waals surface area contributed by atoms with Gasteiger partial charge in [-0.1, -0.05) is 17.7 Å². The Morgan fingerprint density at radius 3 is 2.71 bits per heavy atom. The Morgan fingerprint density at radius 1 is 1.29 bits per heavy atom. The van der Waals surface area contributed by atoms with Gasteiger partial charge in [0.1, 0.15) is 11.6 Å². The molecule has 1 atom stereocenters. The second kappa shape index (κ2) is 5.12. The molecule has 0 saturated heterocycles. The van der Waals surface area contributed by atoms with Gasteiger partial charge in [0.05, 0.1) is 11.1 Å². The minimum Gasteiger partial charge on any atom is -0.388 e. The van der Waals surface area contributed by atoms with Crippen LogP contribution in [0.2, 0.25) is 5.02 Å². The molecule has 5 heteroatoms. The zero-order valence-corrected chi connectivity index (χ0v) is 10.2. The molecule has 2 aromatic rings. The molecular formula is C12H9ClF2OS. The molecule has 0 fully saturated rings. The Bertz CT molecular complexity index is 513. The predicted octanol–water partition coefficient (Wildman–Crippen LogP) is 3.96. The molecule has 0 aliphatic heterocycles. The molecular weight excluding hydrogens is 266 g/mol. The minimum atomic E-state index is -1.07. The van der Waals surface area contributed by atoms with Crippen molar-refractivity contribution in [1.82, 2.24) is 0 Å². The van der Waals surface area contributed by atoms with Gasteiger partial charge >= 0.3 is 0 Å². The lowest BCUT2D eigenvalue weighted by molar-refractivity contribution is 0.174. The fourth-order valence-electron chi connectivity index (χ4n) is 1.52. The van der Waals surface area contributed by atoms with Crippen LogP contribution in [0.25, 0.3) is 0 Å². The highest BCUT2D eigenvalue weighted by Crippen LogP contribution is 2.27. The van der Waals surface area contributed by atoms with Gasteiger partial charge in [-0.3, -0.25) is 0 Å². The van der Waals surface area contributed by atoms with E-state index in [-0.39, 0.29) is 17.0 Å². The van der Waals surface area contributed by atoms with Crippen LogP contribution in [-0.4, -0.2) is 5.11 Å². The second-order valence-corrected chi connectivity index (χ2v) is 5.03. The van der Waals surface area contributed by atoms with Crippen LogP contribution in [0.5, 0.6) is 0 Å². The molecule has 0 aliphatic rings. The van der Waals surface area contributed by atoms with Gasteiger partial charge in [0.2, 0.25) is 0 Å². The van der Waals surface area contributed by atoms with Gasteiger partial charge in [-0.25, -0.2) is 8.78 Å². The van der Waals surface area contributed by atoms with Crippen LogP contribution in [0.3, 0.4) is 0 Å². The van der Waals surface area contributed by atoms with E-state index in [2.05, 4.69) is 0 Å². The number of rotatable bonds is 3. The summed E-state index contributed by atoms with van der Waals surface area (Å²) in [5, 5.41) is 11.4. The standard InChI is InChI=1S/C12H9ClF2OS/c13-9-6-10(14)8(5-11(9)15)12(16)4-7-2-1-3-17-7/h1-3,5-6,12,16H,4H2. The Morgan fingerprint density at radius 2 is 2.06 bits per heavy atom. The van der Waals surface area contributed by atoms with Gasteiger partial charge in [-0.2, -0.15) is 0 Å². The summed E-state index contributed by atoms with van der Waals surface area (Å²) < 4.78 is 26.7. The smallest absolute Gasteiger partial charge is 0.142 e. The fraction of sp³-hybridized carbons (Fsp3) is 0.167. The van der Waals surface area contributed by atoms with E-state index in [0.717, 1.165) is 17.0 Å². The van der Waals surface area contributed by atoms with Crippen LogP contribution >= 0.6 is 22.9 Å². The van der Waals surface area contributed by atoms with Crippen LogP contribution in [0, 0.1) is 11.6 Å². The molecule has 1 aromatic heterocycles. The fourth-order valence-corrected chi connectivity index (χ4v) is 2.42. The van der Waals surface area contributed by atoms with Crippen molar-refractivity contribution in [3.8, 4) is 0 Å². The first-order chi connectivity index (χ1) is 8.08. The summed E-state index contributed by atoms with van der Waals surface area (Å²) in [7, 11) is 0. The highest BCUT2D eigenvalue weighted by Gasteiger charge is 2.16. The molecule has 0 amide bonds. The third-order valence-corrected chi connectivity index (χ3v) is 3.56. The van der Waals surface area contributed by atoms with E-state index in [4.69, 9.17) is 11.6 Å². The number of halogens is 3. The number of hydrogen-bond donors (Lipinski definition) is 1. The SMILES string of the molecule is OC(Cc1cccs1)c1cc(F)c(Cl)cc1F. The first kappa shape index (κ1) is 12.5. The van der Waals surface area contributed by atoms with Crippen molar-refractivity contribution < 1.29 is 13.9 Å². The van der Waals surface area contributed by atoms with E-state index in [1.54, 1.807) is 0 Å². The van der Waals surface area contributed by atoms with Crippen molar-refractivity contribution in [1.29, 1.82) is 0 Å². The average molecular weight is 275 g/mol. The van der Waals surface area contributed by atoms with Crippen LogP contribution < -0.4 is 0 Å². The van der Waals surface area contributed by atoms with Gasteiger partial charge in [0.25, 0.3) is 0 Å². The number of thiophene rings is 1. The van der Waals surface area contributed by atoms with Gasteiger partial charge in [-0.05, 0) is 23.6 Å². The summed E-state index contributed by atoms with van der Waals surface area (Å²) in [6.07, 6.45) is -0.809. The summed E-state index contributed by atoms with van der Waals surface area (Å²) >= 11 is 6.90. The molecule has 0 aliphatic carbocycles. The molecule has 1 aromatic carbocycles. The summed E-state index contributed by atoms with van der Waals surface area (Å²) in [5.41, 5.74) is -0.0692. The highest BCUT2D eigenvalue weighted by molar-refractivity contribution is 7.09. The summed E-state index contributed by atoms with van der Waals surface area (Å²) in [4.78, 5) is 0.909. The Balaban J connectivity index is 2.24. The van der Waals surface area contributed by atoms with Gasteiger partial charge in [0, 0.05) is 16.9 Å². The van der Waals surface area contributed by atoms with Crippen molar-refractivity contribution in [3.05, 3.63) is 56.7 Å². The molecule has 1 nitrogen and oxygen atoms in total. The van der Waals surface area contributed by atoms with Crippen LogP contribution in [0.15, 0.2) is 29.6 Å². The maximum absolute atomic E-state index is 13.5. The second-order valence-electron chi connectivity index (χ2n) is 3.59. The van der Waals surface area contributed by atoms with Gasteiger partial charge < -0.3 is 5.11 Å². The van der Waals surface area contributed by atoms with Crippen LogP contribution in [0.4, 0.5) is 8.78 Å². The van der Waals surface area contributed by atoms with E-state index in [1.165, 1.54) is 11.3 Å². The molecule has 1 unspecified atom stereocenters. The van der Waals surface area contributed by atoms with Crippen molar-refractivity contribution in [3.63, 3.8) is 0 Å². The number of benzene rings is 1. The maximum Gasteiger partial charge on any atom is 0.142 e. The first-order valence-electron chi connectivity index (χ1n) is 4.93. The third-order valence-electron chi connectivity index (χ3n) is 2.37. The lowest BCUT2D eigenvalue weighted by Gasteiger charge is -2.11. The molecule has 90 valence electrons. The van der Waals surface area contributed by atoms with Gasteiger partial charge in [0.15, 0.2) is 0 Å². The Kier molecular flexibility index (Phi) is 3.76. The monoisotopic (exact) mass is 274 g/mol. The molecule has 1 heterocycles. The zero-order chi connectivity index (χ0) is 12.4. The molecule has 0 spiro atoms. The largest absolute Gasteiger partial charge is 0.388 e. The van der Waals surface area contributed by atoms with Crippen molar-refractivity contribution in [2.75, 3.05) is 0 Å². The van der Waals surface area contributed by atoms with E-state index < -0.39 is 17.7 Å². The first-order valence-corrected chi connectivity index (χ1v) is 6.18. The van der Waals surface area contributed by atoms with E-state index >= 15 is 0 Å². The number of aliphatic hydroxyl groups is 1. The normalized spacial score (nSPS) is 12.7. The summed E-state index contributed by atoms with van der Waals surface area (Å²) in [6.45, 7) is 0. The van der Waals surface area contributed by atoms with Crippen molar-refractivity contribution in [2.24, 2.45) is 0 Å². The lowest BCUT2D eigenvalue weighted by Crippen LogP contribution is -2.04.